The number of aryl methyl sites for hydroxylation is 1. The molecule has 0 aromatic heterocycles. The normalized spacial score (nSPS) is 12.9. The fourth-order valence-corrected chi connectivity index (χ4v) is 3.45. The summed E-state index contributed by atoms with van der Waals surface area (Å²) in [4.78, 5) is 0.256. The molecule has 0 aliphatic heterocycles. The summed E-state index contributed by atoms with van der Waals surface area (Å²) in [5.74, 6) is 0.784. The molecular weight excluding hydrogens is 298 g/mol. The van der Waals surface area contributed by atoms with Gasteiger partial charge in [-0.3, -0.25) is 0 Å². The first-order valence-electron chi connectivity index (χ1n) is 7.13. The lowest BCUT2D eigenvalue weighted by molar-refractivity contribution is 0.411. The van der Waals surface area contributed by atoms with E-state index in [1.165, 1.54) is 0 Å². The number of hydrogen-bond acceptors (Lipinski definition) is 3. The smallest absolute Gasteiger partial charge is 0.240 e. The molecule has 0 radical (unpaired) electrons. The molecule has 2 rings (SSSR count). The first-order valence-corrected chi connectivity index (χ1v) is 8.61. The molecule has 2 aromatic rings. The van der Waals surface area contributed by atoms with Crippen LogP contribution in [0.25, 0.3) is 0 Å². The number of hydrogen-bond donors (Lipinski definition) is 1. The van der Waals surface area contributed by atoms with Crippen LogP contribution in [-0.2, 0) is 10.0 Å². The van der Waals surface area contributed by atoms with Crippen LogP contribution in [0.15, 0.2) is 53.4 Å². The van der Waals surface area contributed by atoms with Crippen molar-refractivity contribution in [1.29, 1.82) is 0 Å². The molecule has 0 unspecified atom stereocenters. The lowest BCUT2D eigenvalue weighted by atomic mass is 10.0. The predicted molar refractivity (Wildman–Crippen MR) is 87.8 cm³/mol. The van der Waals surface area contributed by atoms with Crippen LogP contribution < -0.4 is 9.46 Å². The molecule has 0 saturated heterocycles. The molecular formula is C17H21NO3S. The lowest BCUT2D eigenvalue weighted by Crippen LogP contribution is -2.27. The van der Waals surface area contributed by atoms with Crippen LogP contribution >= 0.6 is 0 Å². The Morgan fingerprint density at radius 2 is 1.82 bits per heavy atom. The standard InChI is InChI=1S/C17H21NO3S/c1-13-11-16(9-10-17(13)21-3)22(19,20)18-12-14(2)15-7-5-4-6-8-15/h4-11,14,18H,12H2,1-3H3/t14-/m0/s1. The van der Waals surface area contributed by atoms with Gasteiger partial charge < -0.3 is 4.74 Å². The Morgan fingerprint density at radius 1 is 1.14 bits per heavy atom. The molecule has 0 saturated carbocycles. The van der Waals surface area contributed by atoms with Crippen LogP contribution in [-0.4, -0.2) is 22.1 Å². The van der Waals surface area contributed by atoms with Gasteiger partial charge in [0.05, 0.1) is 12.0 Å². The van der Waals surface area contributed by atoms with Crippen molar-refractivity contribution in [2.24, 2.45) is 0 Å². The van der Waals surface area contributed by atoms with Crippen molar-refractivity contribution in [2.45, 2.75) is 24.7 Å². The van der Waals surface area contributed by atoms with Gasteiger partial charge in [-0.2, -0.15) is 0 Å². The summed E-state index contributed by atoms with van der Waals surface area (Å²) in [6.45, 7) is 4.18. The Hall–Kier alpha value is -1.85. The van der Waals surface area contributed by atoms with E-state index in [1.807, 2.05) is 44.2 Å². The van der Waals surface area contributed by atoms with Crippen molar-refractivity contribution in [2.75, 3.05) is 13.7 Å². The average Bonchev–Trinajstić information content (AvgIpc) is 2.53. The maximum atomic E-state index is 12.4. The van der Waals surface area contributed by atoms with Crippen molar-refractivity contribution in [3.05, 3.63) is 59.7 Å². The Kier molecular flexibility index (Phi) is 5.21. The Bertz CT molecular complexity index is 727. The van der Waals surface area contributed by atoms with Crippen LogP contribution in [0.5, 0.6) is 5.75 Å². The predicted octanol–water partition coefficient (Wildman–Crippen LogP) is 3.09. The molecule has 0 fully saturated rings. The molecule has 0 heterocycles. The Morgan fingerprint density at radius 3 is 2.41 bits per heavy atom. The van der Waals surface area contributed by atoms with Crippen LogP contribution in [0.2, 0.25) is 0 Å². The van der Waals surface area contributed by atoms with Gasteiger partial charge in [-0.25, -0.2) is 13.1 Å². The summed E-state index contributed by atoms with van der Waals surface area (Å²) in [5.41, 5.74) is 1.90. The second-order valence-electron chi connectivity index (χ2n) is 5.30. The highest BCUT2D eigenvalue weighted by Crippen LogP contribution is 2.21. The summed E-state index contributed by atoms with van der Waals surface area (Å²) in [6, 6.07) is 14.7. The number of methoxy groups -OCH3 is 1. The van der Waals surface area contributed by atoms with Crippen LogP contribution in [0.1, 0.15) is 24.0 Å². The minimum Gasteiger partial charge on any atom is -0.496 e. The van der Waals surface area contributed by atoms with Gasteiger partial charge in [0.1, 0.15) is 5.75 Å². The molecule has 0 aliphatic carbocycles. The van der Waals surface area contributed by atoms with E-state index in [0.29, 0.717) is 12.3 Å². The van der Waals surface area contributed by atoms with E-state index in [9.17, 15) is 8.42 Å². The Balaban J connectivity index is 2.10. The summed E-state index contributed by atoms with van der Waals surface area (Å²) in [6.07, 6.45) is 0. The van der Waals surface area contributed by atoms with E-state index < -0.39 is 10.0 Å². The zero-order valence-electron chi connectivity index (χ0n) is 13.0. The first kappa shape index (κ1) is 16.5. The molecule has 1 N–H and O–H groups in total. The second kappa shape index (κ2) is 6.94. The number of ether oxygens (including phenoxy) is 1. The van der Waals surface area contributed by atoms with Gasteiger partial charge in [-0.15, -0.1) is 0 Å². The summed E-state index contributed by atoms with van der Waals surface area (Å²) in [7, 11) is -1.95. The van der Waals surface area contributed by atoms with Gasteiger partial charge in [0.25, 0.3) is 0 Å². The molecule has 5 heteroatoms. The minimum atomic E-state index is -3.52. The molecule has 0 aliphatic rings. The fraction of sp³-hybridized carbons (Fsp3) is 0.294. The molecule has 2 aromatic carbocycles. The van der Waals surface area contributed by atoms with Crippen molar-refractivity contribution in [1.82, 2.24) is 4.72 Å². The van der Waals surface area contributed by atoms with Crippen molar-refractivity contribution in [3.63, 3.8) is 0 Å². The van der Waals surface area contributed by atoms with E-state index in [1.54, 1.807) is 25.3 Å². The van der Waals surface area contributed by atoms with Gasteiger partial charge in [-0.05, 0) is 42.2 Å². The van der Waals surface area contributed by atoms with Gasteiger partial charge in [0, 0.05) is 6.54 Å². The Labute approximate surface area is 132 Å². The summed E-state index contributed by atoms with van der Waals surface area (Å²) in [5, 5.41) is 0. The molecule has 1 atom stereocenters. The van der Waals surface area contributed by atoms with Gasteiger partial charge in [-0.1, -0.05) is 37.3 Å². The van der Waals surface area contributed by atoms with Gasteiger partial charge >= 0.3 is 0 Å². The quantitative estimate of drug-likeness (QED) is 0.890. The topological polar surface area (TPSA) is 55.4 Å². The largest absolute Gasteiger partial charge is 0.496 e. The zero-order valence-corrected chi connectivity index (χ0v) is 13.9. The van der Waals surface area contributed by atoms with E-state index in [4.69, 9.17) is 4.74 Å². The third-order valence-electron chi connectivity index (χ3n) is 3.62. The van der Waals surface area contributed by atoms with Crippen molar-refractivity contribution >= 4 is 10.0 Å². The average molecular weight is 319 g/mol. The fourth-order valence-electron chi connectivity index (χ4n) is 2.24. The molecule has 0 spiro atoms. The lowest BCUT2D eigenvalue weighted by Gasteiger charge is -2.14. The third-order valence-corrected chi connectivity index (χ3v) is 5.05. The number of benzene rings is 2. The highest BCUT2D eigenvalue weighted by Gasteiger charge is 2.17. The van der Waals surface area contributed by atoms with Crippen molar-refractivity contribution < 1.29 is 13.2 Å². The number of sulfonamides is 1. The number of rotatable bonds is 6. The highest BCUT2D eigenvalue weighted by molar-refractivity contribution is 7.89. The van der Waals surface area contributed by atoms with Gasteiger partial charge in [0.2, 0.25) is 10.0 Å². The third kappa shape index (κ3) is 3.87. The first-order chi connectivity index (χ1) is 10.4. The molecule has 0 amide bonds. The maximum absolute atomic E-state index is 12.4. The van der Waals surface area contributed by atoms with Crippen LogP contribution in [0.4, 0.5) is 0 Å². The van der Waals surface area contributed by atoms with Crippen LogP contribution in [0, 0.1) is 6.92 Å². The van der Waals surface area contributed by atoms with E-state index in [0.717, 1.165) is 11.1 Å². The molecule has 22 heavy (non-hydrogen) atoms. The van der Waals surface area contributed by atoms with E-state index in [2.05, 4.69) is 4.72 Å². The SMILES string of the molecule is COc1ccc(S(=O)(=O)NC[C@H](C)c2ccccc2)cc1C. The molecule has 0 bridgehead atoms. The summed E-state index contributed by atoms with van der Waals surface area (Å²) >= 11 is 0. The monoisotopic (exact) mass is 319 g/mol. The van der Waals surface area contributed by atoms with Crippen molar-refractivity contribution in [3.8, 4) is 5.75 Å². The highest BCUT2D eigenvalue weighted by atomic mass is 32.2. The second-order valence-corrected chi connectivity index (χ2v) is 7.06. The minimum absolute atomic E-state index is 0.107. The maximum Gasteiger partial charge on any atom is 0.240 e. The van der Waals surface area contributed by atoms with Crippen LogP contribution in [0.3, 0.4) is 0 Å². The van der Waals surface area contributed by atoms with E-state index >= 15 is 0 Å². The van der Waals surface area contributed by atoms with Gasteiger partial charge in [0.15, 0.2) is 0 Å². The molecule has 4 nitrogen and oxygen atoms in total. The summed E-state index contributed by atoms with van der Waals surface area (Å²) < 4.78 is 32.6. The number of nitrogens with one attached hydrogen (secondary N) is 1. The zero-order chi connectivity index (χ0) is 16.2. The van der Waals surface area contributed by atoms with E-state index in [-0.39, 0.29) is 10.8 Å². The molecule has 118 valence electrons.